The zero-order chi connectivity index (χ0) is 23.0. The van der Waals surface area contributed by atoms with Crippen molar-refractivity contribution >= 4 is 9.84 Å². The van der Waals surface area contributed by atoms with E-state index >= 15 is 0 Å². The quantitative estimate of drug-likeness (QED) is 0.342. The summed E-state index contributed by atoms with van der Waals surface area (Å²) in [6, 6.07) is 29.6. The lowest BCUT2D eigenvalue weighted by molar-refractivity contribution is 0.148. The SMILES string of the molecule is CC[C@H]([C@@H](CC(C)C)N(Cc1ccccc1)Cc1ccccc1)S(=O)(=O)c1ccccc1. The highest BCUT2D eigenvalue weighted by Crippen LogP contribution is 2.29. The van der Waals surface area contributed by atoms with Crippen LogP contribution in [0, 0.1) is 5.92 Å². The van der Waals surface area contributed by atoms with Crippen molar-refractivity contribution in [2.45, 2.75) is 62.9 Å². The first-order valence-electron chi connectivity index (χ1n) is 11.5. The van der Waals surface area contributed by atoms with Gasteiger partial charge in [0, 0.05) is 19.1 Å². The van der Waals surface area contributed by atoms with Gasteiger partial charge in [-0.25, -0.2) is 8.42 Å². The van der Waals surface area contributed by atoms with Crippen molar-refractivity contribution in [1.29, 1.82) is 0 Å². The van der Waals surface area contributed by atoms with Crippen LogP contribution in [-0.2, 0) is 22.9 Å². The molecule has 0 bridgehead atoms. The van der Waals surface area contributed by atoms with E-state index in [0.29, 0.717) is 30.3 Å². The molecule has 0 aliphatic rings. The maximum absolute atomic E-state index is 13.8. The lowest BCUT2D eigenvalue weighted by Crippen LogP contribution is -2.47. The maximum atomic E-state index is 13.8. The molecular weight excluding hydrogens is 414 g/mol. The Morgan fingerprint density at radius 2 is 1.16 bits per heavy atom. The normalized spacial score (nSPS) is 13.9. The molecule has 3 nitrogen and oxygen atoms in total. The molecule has 32 heavy (non-hydrogen) atoms. The van der Waals surface area contributed by atoms with Crippen molar-refractivity contribution in [2.24, 2.45) is 5.92 Å². The Hall–Kier alpha value is -2.43. The zero-order valence-corrected chi connectivity index (χ0v) is 20.2. The van der Waals surface area contributed by atoms with E-state index in [2.05, 4.69) is 43.0 Å². The molecule has 0 radical (unpaired) electrons. The second kappa shape index (κ2) is 11.4. The molecule has 0 spiro atoms. The molecule has 3 aromatic carbocycles. The standard InChI is InChI=1S/C28H35NO2S/c1-4-28(32(30,31)26-18-12-7-13-19-26)27(20-23(2)3)29(21-24-14-8-5-9-15-24)22-25-16-10-6-11-17-25/h5-19,23,27-28H,4,20-22H2,1-3H3/t27-,28-/m1/s1. The summed E-state index contributed by atoms with van der Waals surface area (Å²) < 4.78 is 27.5. The monoisotopic (exact) mass is 449 g/mol. The Labute approximate surface area is 194 Å². The van der Waals surface area contributed by atoms with Gasteiger partial charge in [-0.3, -0.25) is 4.90 Å². The van der Waals surface area contributed by atoms with E-state index < -0.39 is 15.1 Å². The number of rotatable bonds is 11. The largest absolute Gasteiger partial charge is 0.291 e. The second-order valence-electron chi connectivity index (χ2n) is 8.88. The van der Waals surface area contributed by atoms with Gasteiger partial charge in [0.1, 0.15) is 0 Å². The molecule has 0 aliphatic carbocycles. The van der Waals surface area contributed by atoms with Crippen molar-refractivity contribution in [3.05, 3.63) is 102 Å². The van der Waals surface area contributed by atoms with E-state index in [0.717, 1.165) is 6.42 Å². The highest BCUT2D eigenvalue weighted by molar-refractivity contribution is 7.92. The average molecular weight is 450 g/mol. The van der Waals surface area contributed by atoms with Crippen LogP contribution in [0.15, 0.2) is 95.9 Å². The molecule has 0 unspecified atom stereocenters. The second-order valence-corrected chi connectivity index (χ2v) is 11.0. The van der Waals surface area contributed by atoms with Crippen LogP contribution in [0.5, 0.6) is 0 Å². The molecule has 0 saturated heterocycles. The Bertz CT molecular complexity index is 993. The van der Waals surface area contributed by atoms with Gasteiger partial charge in [-0.1, -0.05) is 99.6 Å². The van der Waals surface area contributed by atoms with Crippen LogP contribution in [0.4, 0.5) is 0 Å². The van der Waals surface area contributed by atoms with E-state index in [4.69, 9.17) is 0 Å². The minimum atomic E-state index is -3.47. The lowest BCUT2D eigenvalue weighted by atomic mass is 9.96. The van der Waals surface area contributed by atoms with Crippen LogP contribution < -0.4 is 0 Å². The molecule has 3 aromatic rings. The molecule has 0 amide bonds. The first-order chi connectivity index (χ1) is 15.4. The molecule has 0 aromatic heterocycles. The van der Waals surface area contributed by atoms with E-state index in [1.54, 1.807) is 12.1 Å². The molecule has 170 valence electrons. The number of hydrogen-bond acceptors (Lipinski definition) is 3. The average Bonchev–Trinajstić information content (AvgIpc) is 2.80. The Morgan fingerprint density at radius 3 is 1.56 bits per heavy atom. The van der Waals surface area contributed by atoms with Gasteiger partial charge in [0.15, 0.2) is 9.84 Å². The number of hydrogen-bond donors (Lipinski definition) is 0. The molecule has 0 heterocycles. The third kappa shape index (κ3) is 6.30. The molecule has 0 aliphatic heterocycles. The van der Waals surface area contributed by atoms with Gasteiger partial charge < -0.3 is 0 Å². The molecule has 0 fully saturated rings. The highest BCUT2D eigenvalue weighted by atomic mass is 32.2. The van der Waals surface area contributed by atoms with Gasteiger partial charge in [0.2, 0.25) is 0 Å². The minimum absolute atomic E-state index is 0.0920. The fourth-order valence-electron chi connectivity index (χ4n) is 4.43. The van der Waals surface area contributed by atoms with Gasteiger partial charge in [-0.2, -0.15) is 0 Å². The number of nitrogens with zero attached hydrogens (tertiary/aromatic N) is 1. The van der Waals surface area contributed by atoms with Gasteiger partial charge in [0.25, 0.3) is 0 Å². The van der Waals surface area contributed by atoms with Crippen LogP contribution >= 0.6 is 0 Å². The first kappa shape index (κ1) is 24.2. The van der Waals surface area contributed by atoms with Crippen molar-refractivity contribution < 1.29 is 8.42 Å². The van der Waals surface area contributed by atoms with E-state index in [1.807, 2.05) is 61.5 Å². The van der Waals surface area contributed by atoms with Crippen LogP contribution in [0.3, 0.4) is 0 Å². The van der Waals surface area contributed by atoms with Crippen molar-refractivity contribution in [3.63, 3.8) is 0 Å². The van der Waals surface area contributed by atoms with Crippen LogP contribution in [0.25, 0.3) is 0 Å². The lowest BCUT2D eigenvalue weighted by Gasteiger charge is -2.38. The van der Waals surface area contributed by atoms with Crippen LogP contribution in [0.2, 0.25) is 0 Å². The topological polar surface area (TPSA) is 37.4 Å². The van der Waals surface area contributed by atoms with Gasteiger partial charge in [-0.15, -0.1) is 0 Å². The number of sulfone groups is 1. The van der Waals surface area contributed by atoms with Crippen molar-refractivity contribution in [3.8, 4) is 0 Å². The van der Waals surface area contributed by atoms with Crippen molar-refractivity contribution in [1.82, 2.24) is 4.90 Å². The Balaban J connectivity index is 2.03. The molecule has 0 saturated carbocycles. The Morgan fingerprint density at radius 1 is 0.719 bits per heavy atom. The fraction of sp³-hybridized carbons (Fsp3) is 0.357. The summed E-state index contributed by atoms with van der Waals surface area (Å²) in [5, 5.41) is -0.472. The summed E-state index contributed by atoms with van der Waals surface area (Å²) in [6.07, 6.45) is 1.40. The third-order valence-corrected chi connectivity index (χ3v) is 8.31. The van der Waals surface area contributed by atoms with Gasteiger partial charge in [-0.05, 0) is 42.0 Å². The molecule has 4 heteroatoms. The van der Waals surface area contributed by atoms with E-state index in [1.165, 1.54) is 11.1 Å². The third-order valence-electron chi connectivity index (χ3n) is 5.94. The summed E-state index contributed by atoms with van der Waals surface area (Å²) in [5.74, 6) is 0.383. The summed E-state index contributed by atoms with van der Waals surface area (Å²) in [5.41, 5.74) is 2.40. The van der Waals surface area contributed by atoms with Gasteiger partial charge in [0.05, 0.1) is 10.1 Å². The maximum Gasteiger partial charge on any atom is 0.182 e. The van der Waals surface area contributed by atoms with Gasteiger partial charge >= 0.3 is 0 Å². The number of benzene rings is 3. The minimum Gasteiger partial charge on any atom is -0.291 e. The van der Waals surface area contributed by atoms with Crippen LogP contribution in [0.1, 0.15) is 44.7 Å². The summed E-state index contributed by atoms with van der Waals surface area (Å²) in [4.78, 5) is 2.79. The molecule has 2 atom stereocenters. The molecule has 3 rings (SSSR count). The molecular formula is C28H35NO2S. The van der Waals surface area contributed by atoms with E-state index in [-0.39, 0.29) is 6.04 Å². The fourth-order valence-corrected chi connectivity index (χ4v) is 6.45. The summed E-state index contributed by atoms with van der Waals surface area (Å²) in [7, 11) is -3.47. The smallest absolute Gasteiger partial charge is 0.182 e. The van der Waals surface area contributed by atoms with Crippen LogP contribution in [-0.4, -0.2) is 24.6 Å². The summed E-state index contributed by atoms with van der Waals surface area (Å²) >= 11 is 0. The Kier molecular flexibility index (Phi) is 8.66. The highest BCUT2D eigenvalue weighted by Gasteiger charge is 2.37. The van der Waals surface area contributed by atoms with E-state index in [9.17, 15) is 8.42 Å². The first-order valence-corrected chi connectivity index (χ1v) is 13.1. The zero-order valence-electron chi connectivity index (χ0n) is 19.4. The predicted molar refractivity (Wildman–Crippen MR) is 133 cm³/mol. The molecule has 0 N–H and O–H groups in total. The summed E-state index contributed by atoms with van der Waals surface area (Å²) in [6.45, 7) is 7.79. The predicted octanol–water partition coefficient (Wildman–Crippen LogP) is 6.36. The van der Waals surface area contributed by atoms with Crippen molar-refractivity contribution in [2.75, 3.05) is 0 Å².